The van der Waals surface area contributed by atoms with Gasteiger partial charge in [-0.1, -0.05) is 6.92 Å². The van der Waals surface area contributed by atoms with Crippen molar-refractivity contribution in [3.63, 3.8) is 0 Å². The van der Waals surface area contributed by atoms with Gasteiger partial charge in [0.1, 0.15) is 0 Å². The van der Waals surface area contributed by atoms with Gasteiger partial charge in [-0.15, -0.1) is 0 Å². The largest absolute Gasteiger partial charge is 0.378 e. The summed E-state index contributed by atoms with van der Waals surface area (Å²) in [5.41, 5.74) is 0. The molecule has 0 atom stereocenters. The lowest BCUT2D eigenvalue weighted by molar-refractivity contribution is -0.0135. The monoisotopic (exact) mass is 198 g/mol. The van der Waals surface area contributed by atoms with Crippen LogP contribution in [0.15, 0.2) is 0 Å². The highest BCUT2D eigenvalue weighted by atomic mass is 16.5. The van der Waals surface area contributed by atoms with Crippen molar-refractivity contribution in [2.45, 2.75) is 38.3 Å². The van der Waals surface area contributed by atoms with Crippen molar-refractivity contribution in [1.82, 2.24) is 10.2 Å². The fourth-order valence-electron chi connectivity index (χ4n) is 2.30. The summed E-state index contributed by atoms with van der Waals surface area (Å²) in [4.78, 5) is 2.58. The molecule has 0 aromatic heterocycles. The Balaban J connectivity index is 1.62. The summed E-state index contributed by atoms with van der Waals surface area (Å²) in [6.45, 7) is 7.94. The highest BCUT2D eigenvalue weighted by molar-refractivity contribution is 4.83. The van der Waals surface area contributed by atoms with E-state index in [1.165, 1.54) is 38.9 Å². The van der Waals surface area contributed by atoms with E-state index in [-0.39, 0.29) is 0 Å². The van der Waals surface area contributed by atoms with Crippen molar-refractivity contribution in [3.8, 4) is 0 Å². The van der Waals surface area contributed by atoms with Crippen molar-refractivity contribution in [2.75, 3.05) is 32.8 Å². The van der Waals surface area contributed by atoms with Gasteiger partial charge in [-0.25, -0.2) is 0 Å². The molecule has 0 aromatic carbocycles. The molecule has 0 spiro atoms. The van der Waals surface area contributed by atoms with Gasteiger partial charge in [0.15, 0.2) is 0 Å². The van der Waals surface area contributed by atoms with Gasteiger partial charge in [0.2, 0.25) is 0 Å². The number of hydrogen-bond acceptors (Lipinski definition) is 3. The van der Waals surface area contributed by atoms with Gasteiger partial charge in [-0.05, 0) is 38.9 Å². The standard InChI is InChI=1S/C11H22N2O/c1-2-5-13-6-3-10(4-7-13)12-11-8-14-9-11/h10-12H,2-9H2,1H3. The van der Waals surface area contributed by atoms with Crippen molar-refractivity contribution < 1.29 is 4.74 Å². The van der Waals surface area contributed by atoms with Crippen molar-refractivity contribution >= 4 is 0 Å². The average molecular weight is 198 g/mol. The summed E-state index contributed by atoms with van der Waals surface area (Å²) in [5, 5.41) is 3.67. The van der Waals surface area contributed by atoms with E-state index < -0.39 is 0 Å². The molecule has 2 fully saturated rings. The normalized spacial score (nSPS) is 26.4. The molecule has 3 heteroatoms. The summed E-state index contributed by atoms with van der Waals surface area (Å²) < 4.78 is 5.16. The Hall–Kier alpha value is -0.120. The second kappa shape index (κ2) is 5.10. The summed E-state index contributed by atoms with van der Waals surface area (Å²) in [5.74, 6) is 0. The first kappa shape index (κ1) is 10.4. The van der Waals surface area contributed by atoms with Crippen LogP contribution in [0.4, 0.5) is 0 Å². The van der Waals surface area contributed by atoms with Crippen LogP contribution in [0, 0.1) is 0 Å². The number of likely N-dealkylation sites (tertiary alicyclic amines) is 1. The van der Waals surface area contributed by atoms with Crippen LogP contribution in [0.2, 0.25) is 0 Å². The maximum Gasteiger partial charge on any atom is 0.0643 e. The fraction of sp³-hybridized carbons (Fsp3) is 1.00. The van der Waals surface area contributed by atoms with Gasteiger partial charge in [-0.3, -0.25) is 0 Å². The first-order valence-corrected chi connectivity index (χ1v) is 5.94. The van der Waals surface area contributed by atoms with Gasteiger partial charge >= 0.3 is 0 Å². The van der Waals surface area contributed by atoms with Gasteiger partial charge in [0.25, 0.3) is 0 Å². The number of hydrogen-bond donors (Lipinski definition) is 1. The number of piperidine rings is 1. The molecule has 2 heterocycles. The van der Waals surface area contributed by atoms with Crippen molar-refractivity contribution in [2.24, 2.45) is 0 Å². The summed E-state index contributed by atoms with van der Waals surface area (Å²) in [7, 11) is 0. The summed E-state index contributed by atoms with van der Waals surface area (Å²) in [6.07, 6.45) is 3.92. The molecule has 1 N–H and O–H groups in total. The zero-order chi connectivity index (χ0) is 9.80. The Bertz CT molecular complexity index is 163. The molecule has 2 saturated heterocycles. The Morgan fingerprint density at radius 3 is 2.43 bits per heavy atom. The molecule has 0 aromatic rings. The van der Waals surface area contributed by atoms with E-state index >= 15 is 0 Å². The maximum absolute atomic E-state index is 5.16. The van der Waals surface area contributed by atoms with Crippen LogP contribution < -0.4 is 5.32 Å². The molecule has 2 aliphatic heterocycles. The van der Waals surface area contributed by atoms with Crippen LogP contribution in [-0.2, 0) is 4.74 Å². The molecular formula is C11H22N2O. The first-order chi connectivity index (χ1) is 6.88. The number of ether oxygens (including phenoxy) is 1. The number of nitrogens with zero attached hydrogens (tertiary/aromatic N) is 1. The third-order valence-electron chi connectivity index (χ3n) is 3.24. The molecule has 0 saturated carbocycles. The molecular weight excluding hydrogens is 176 g/mol. The highest BCUT2D eigenvalue weighted by Crippen LogP contribution is 2.12. The Kier molecular flexibility index (Phi) is 3.79. The van der Waals surface area contributed by atoms with Gasteiger partial charge in [0.05, 0.1) is 19.3 Å². The average Bonchev–Trinajstić information content (AvgIpc) is 2.14. The van der Waals surface area contributed by atoms with Crippen LogP contribution in [0.3, 0.4) is 0 Å². The summed E-state index contributed by atoms with van der Waals surface area (Å²) in [6, 6.07) is 1.40. The van der Waals surface area contributed by atoms with E-state index in [0.29, 0.717) is 6.04 Å². The smallest absolute Gasteiger partial charge is 0.0643 e. The van der Waals surface area contributed by atoms with Crippen LogP contribution in [0.25, 0.3) is 0 Å². The molecule has 0 bridgehead atoms. The van der Waals surface area contributed by atoms with E-state index in [9.17, 15) is 0 Å². The molecule has 3 nitrogen and oxygen atoms in total. The molecule has 0 aliphatic carbocycles. The molecule has 14 heavy (non-hydrogen) atoms. The van der Waals surface area contributed by atoms with Gasteiger partial charge < -0.3 is 15.0 Å². The van der Waals surface area contributed by atoms with Crippen LogP contribution in [0.5, 0.6) is 0 Å². The first-order valence-electron chi connectivity index (χ1n) is 5.94. The second-order valence-electron chi connectivity index (χ2n) is 4.52. The molecule has 0 unspecified atom stereocenters. The zero-order valence-electron chi connectivity index (χ0n) is 9.17. The predicted octanol–water partition coefficient (Wildman–Crippen LogP) is 0.849. The minimum absolute atomic E-state index is 0.651. The Morgan fingerprint density at radius 1 is 1.21 bits per heavy atom. The SMILES string of the molecule is CCCN1CCC(NC2COC2)CC1. The van der Waals surface area contributed by atoms with Crippen molar-refractivity contribution in [1.29, 1.82) is 0 Å². The minimum Gasteiger partial charge on any atom is -0.378 e. The number of nitrogens with one attached hydrogen (secondary N) is 1. The highest BCUT2D eigenvalue weighted by Gasteiger charge is 2.24. The van der Waals surface area contributed by atoms with E-state index in [2.05, 4.69) is 17.1 Å². The Labute approximate surface area is 86.8 Å². The lowest BCUT2D eigenvalue weighted by atomic mass is 10.0. The molecule has 0 radical (unpaired) electrons. The number of rotatable bonds is 4. The van der Waals surface area contributed by atoms with E-state index in [4.69, 9.17) is 4.74 Å². The summed E-state index contributed by atoms with van der Waals surface area (Å²) >= 11 is 0. The molecule has 82 valence electrons. The van der Waals surface area contributed by atoms with E-state index in [0.717, 1.165) is 19.3 Å². The molecule has 2 rings (SSSR count). The third-order valence-corrected chi connectivity index (χ3v) is 3.24. The lowest BCUT2D eigenvalue weighted by Gasteiger charge is -2.36. The third kappa shape index (κ3) is 2.69. The molecule has 0 amide bonds. The zero-order valence-corrected chi connectivity index (χ0v) is 9.17. The fourth-order valence-corrected chi connectivity index (χ4v) is 2.30. The topological polar surface area (TPSA) is 24.5 Å². The van der Waals surface area contributed by atoms with Gasteiger partial charge in [-0.2, -0.15) is 0 Å². The van der Waals surface area contributed by atoms with Crippen LogP contribution in [-0.4, -0.2) is 49.8 Å². The minimum atomic E-state index is 0.651. The molecule has 2 aliphatic rings. The maximum atomic E-state index is 5.16. The lowest BCUT2D eigenvalue weighted by Crippen LogP contribution is -2.53. The van der Waals surface area contributed by atoms with Crippen LogP contribution in [0.1, 0.15) is 26.2 Å². The van der Waals surface area contributed by atoms with Crippen LogP contribution >= 0.6 is 0 Å². The van der Waals surface area contributed by atoms with E-state index in [1.807, 2.05) is 0 Å². The quantitative estimate of drug-likeness (QED) is 0.725. The van der Waals surface area contributed by atoms with E-state index in [1.54, 1.807) is 0 Å². The van der Waals surface area contributed by atoms with Gasteiger partial charge in [0, 0.05) is 6.04 Å². The van der Waals surface area contributed by atoms with Crippen molar-refractivity contribution in [3.05, 3.63) is 0 Å². The predicted molar refractivity (Wildman–Crippen MR) is 57.5 cm³/mol. The Morgan fingerprint density at radius 2 is 1.93 bits per heavy atom. The second-order valence-corrected chi connectivity index (χ2v) is 4.52.